The second kappa shape index (κ2) is 5.83. The van der Waals surface area contributed by atoms with Gasteiger partial charge in [-0.1, -0.05) is 11.6 Å². The molecule has 0 bridgehead atoms. The second-order valence-corrected chi connectivity index (χ2v) is 3.57. The number of nitrogens with zero attached hydrogens (tertiary/aromatic N) is 1. The minimum atomic E-state index is 0.308. The lowest BCUT2D eigenvalue weighted by molar-refractivity contribution is 0.191. The van der Waals surface area contributed by atoms with Gasteiger partial charge in [-0.25, -0.2) is 4.98 Å². The van der Waals surface area contributed by atoms with Gasteiger partial charge in [0.25, 0.3) is 0 Å². The molecule has 14 heavy (non-hydrogen) atoms. The van der Waals surface area contributed by atoms with Crippen LogP contribution in [0.25, 0.3) is 0 Å². The number of rotatable bonds is 5. The second-order valence-electron chi connectivity index (χ2n) is 3.16. The number of anilines is 1. The number of nitrogens with one attached hydrogen (secondary N) is 1. The fourth-order valence-electron chi connectivity index (χ4n) is 1.09. The van der Waals surface area contributed by atoms with Gasteiger partial charge in [-0.2, -0.15) is 0 Å². The number of ether oxygens (including phenoxy) is 1. The molecule has 0 fully saturated rings. The summed E-state index contributed by atoms with van der Waals surface area (Å²) in [6, 6.07) is 3.94. The molecule has 4 heteroatoms. The van der Waals surface area contributed by atoms with Crippen molar-refractivity contribution in [3.05, 3.63) is 23.4 Å². The van der Waals surface area contributed by atoms with Gasteiger partial charge in [0.2, 0.25) is 0 Å². The highest BCUT2D eigenvalue weighted by atomic mass is 35.5. The van der Waals surface area contributed by atoms with E-state index in [1.807, 2.05) is 12.1 Å². The van der Waals surface area contributed by atoms with Gasteiger partial charge in [0.15, 0.2) is 0 Å². The number of hydrogen-bond acceptors (Lipinski definition) is 3. The van der Waals surface area contributed by atoms with Gasteiger partial charge in [0.1, 0.15) is 5.82 Å². The van der Waals surface area contributed by atoms with Crippen molar-refractivity contribution in [3.63, 3.8) is 0 Å². The van der Waals surface area contributed by atoms with Crippen molar-refractivity contribution in [2.75, 3.05) is 19.0 Å². The molecular weight excluding hydrogens is 200 g/mol. The Morgan fingerprint density at radius 3 is 3.07 bits per heavy atom. The average Bonchev–Trinajstić information content (AvgIpc) is 2.18. The Morgan fingerprint density at radius 2 is 2.43 bits per heavy atom. The minimum absolute atomic E-state index is 0.308. The van der Waals surface area contributed by atoms with E-state index in [-0.39, 0.29) is 0 Å². The summed E-state index contributed by atoms with van der Waals surface area (Å²) in [5.41, 5.74) is 0. The van der Waals surface area contributed by atoms with Crippen LogP contribution in [0.1, 0.15) is 13.3 Å². The zero-order chi connectivity index (χ0) is 10.4. The van der Waals surface area contributed by atoms with Crippen LogP contribution in [0.4, 0.5) is 5.82 Å². The first-order chi connectivity index (χ1) is 6.74. The third kappa shape index (κ3) is 3.52. The molecular formula is C10H15ClN2O. The molecule has 0 aromatic carbocycles. The van der Waals surface area contributed by atoms with Crippen molar-refractivity contribution in [3.8, 4) is 0 Å². The smallest absolute Gasteiger partial charge is 0.144 e. The number of pyridine rings is 1. The van der Waals surface area contributed by atoms with Crippen molar-refractivity contribution in [2.45, 2.75) is 19.4 Å². The average molecular weight is 215 g/mol. The molecule has 1 heterocycles. The van der Waals surface area contributed by atoms with Crippen molar-refractivity contribution >= 4 is 17.4 Å². The van der Waals surface area contributed by atoms with Crippen LogP contribution < -0.4 is 5.32 Å². The van der Waals surface area contributed by atoms with Gasteiger partial charge >= 0.3 is 0 Å². The topological polar surface area (TPSA) is 34.1 Å². The third-order valence-electron chi connectivity index (χ3n) is 1.90. The summed E-state index contributed by atoms with van der Waals surface area (Å²) in [5, 5.41) is 3.87. The number of aromatic nitrogens is 1. The van der Waals surface area contributed by atoms with Gasteiger partial charge < -0.3 is 10.1 Å². The Balaban J connectivity index is 2.47. The maximum atomic E-state index is 5.95. The van der Waals surface area contributed by atoms with E-state index in [1.165, 1.54) is 0 Å². The van der Waals surface area contributed by atoms with Crippen molar-refractivity contribution in [1.29, 1.82) is 0 Å². The van der Waals surface area contributed by atoms with Crippen molar-refractivity contribution < 1.29 is 4.74 Å². The molecule has 1 aromatic heterocycles. The Bertz CT molecular complexity index is 281. The standard InChI is InChI=1S/C10H15ClN2O/c1-8(5-7-14-2)13-10-9(11)4-3-6-12-10/h3-4,6,8H,5,7H2,1-2H3,(H,12,13). The van der Waals surface area contributed by atoms with Gasteiger partial charge in [-0.15, -0.1) is 0 Å². The zero-order valence-corrected chi connectivity index (χ0v) is 9.21. The van der Waals surface area contributed by atoms with E-state index in [4.69, 9.17) is 16.3 Å². The Morgan fingerprint density at radius 1 is 1.64 bits per heavy atom. The van der Waals surface area contributed by atoms with Crippen molar-refractivity contribution in [2.24, 2.45) is 0 Å². The number of halogens is 1. The van der Waals surface area contributed by atoms with Crippen LogP contribution >= 0.6 is 11.6 Å². The van der Waals surface area contributed by atoms with E-state index in [0.717, 1.165) is 18.8 Å². The molecule has 1 unspecified atom stereocenters. The maximum absolute atomic E-state index is 5.95. The highest BCUT2D eigenvalue weighted by Gasteiger charge is 2.04. The van der Waals surface area contributed by atoms with Crippen LogP contribution in [0.5, 0.6) is 0 Å². The minimum Gasteiger partial charge on any atom is -0.385 e. The zero-order valence-electron chi connectivity index (χ0n) is 8.46. The fourth-order valence-corrected chi connectivity index (χ4v) is 1.27. The predicted octanol–water partition coefficient (Wildman–Crippen LogP) is 2.57. The van der Waals surface area contributed by atoms with Crippen LogP contribution in [0.2, 0.25) is 5.02 Å². The van der Waals surface area contributed by atoms with E-state index in [0.29, 0.717) is 11.1 Å². The molecule has 0 spiro atoms. The first kappa shape index (κ1) is 11.3. The first-order valence-electron chi connectivity index (χ1n) is 4.60. The first-order valence-corrected chi connectivity index (χ1v) is 4.98. The molecule has 1 atom stereocenters. The lowest BCUT2D eigenvalue weighted by atomic mass is 10.2. The highest BCUT2D eigenvalue weighted by Crippen LogP contribution is 2.18. The summed E-state index contributed by atoms with van der Waals surface area (Å²) in [4.78, 5) is 4.14. The number of methoxy groups -OCH3 is 1. The van der Waals surface area contributed by atoms with E-state index >= 15 is 0 Å². The quantitative estimate of drug-likeness (QED) is 0.818. The fraction of sp³-hybridized carbons (Fsp3) is 0.500. The number of hydrogen-bond donors (Lipinski definition) is 1. The molecule has 3 nitrogen and oxygen atoms in total. The lowest BCUT2D eigenvalue weighted by Gasteiger charge is -2.14. The third-order valence-corrected chi connectivity index (χ3v) is 2.20. The van der Waals surface area contributed by atoms with E-state index in [2.05, 4.69) is 17.2 Å². The van der Waals surface area contributed by atoms with E-state index in [9.17, 15) is 0 Å². The van der Waals surface area contributed by atoms with Crippen LogP contribution in [-0.4, -0.2) is 24.7 Å². The summed E-state index contributed by atoms with van der Waals surface area (Å²) < 4.78 is 4.99. The monoisotopic (exact) mass is 214 g/mol. The van der Waals surface area contributed by atoms with Crippen LogP contribution in [0, 0.1) is 0 Å². The summed E-state index contributed by atoms with van der Waals surface area (Å²) in [7, 11) is 1.69. The molecule has 0 aliphatic heterocycles. The molecule has 0 saturated carbocycles. The van der Waals surface area contributed by atoms with Gasteiger partial charge in [-0.3, -0.25) is 0 Å². The molecule has 0 saturated heterocycles. The SMILES string of the molecule is COCCC(C)Nc1ncccc1Cl. The van der Waals surface area contributed by atoms with Crippen LogP contribution in [0.3, 0.4) is 0 Å². The van der Waals surface area contributed by atoms with Gasteiger partial charge in [-0.05, 0) is 25.5 Å². The molecule has 0 radical (unpaired) electrons. The van der Waals surface area contributed by atoms with E-state index in [1.54, 1.807) is 13.3 Å². The lowest BCUT2D eigenvalue weighted by Crippen LogP contribution is -2.18. The summed E-state index contributed by atoms with van der Waals surface area (Å²) in [6.45, 7) is 2.81. The van der Waals surface area contributed by atoms with E-state index < -0.39 is 0 Å². The van der Waals surface area contributed by atoms with Crippen LogP contribution in [-0.2, 0) is 4.74 Å². The molecule has 0 aliphatic carbocycles. The highest BCUT2D eigenvalue weighted by molar-refractivity contribution is 6.32. The van der Waals surface area contributed by atoms with Crippen LogP contribution in [0.15, 0.2) is 18.3 Å². The van der Waals surface area contributed by atoms with Gasteiger partial charge in [0, 0.05) is 26.0 Å². The summed E-state index contributed by atoms with van der Waals surface area (Å²) in [6.07, 6.45) is 2.65. The van der Waals surface area contributed by atoms with Crippen molar-refractivity contribution in [1.82, 2.24) is 4.98 Å². The molecule has 1 aromatic rings. The summed E-state index contributed by atoms with van der Waals surface area (Å²) in [5.74, 6) is 0.734. The Hall–Kier alpha value is -0.800. The summed E-state index contributed by atoms with van der Waals surface area (Å²) >= 11 is 5.95. The molecule has 1 rings (SSSR count). The molecule has 78 valence electrons. The molecule has 1 N–H and O–H groups in total. The Labute approximate surface area is 89.4 Å². The maximum Gasteiger partial charge on any atom is 0.144 e. The molecule has 0 aliphatic rings. The largest absolute Gasteiger partial charge is 0.385 e. The molecule has 0 amide bonds. The Kier molecular flexibility index (Phi) is 4.70. The normalized spacial score (nSPS) is 12.5. The van der Waals surface area contributed by atoms with Gasteiger partial charge in [0.05, 0.1) is 5.02 Å². The predicted molar refractivity (Wildman–Crippen MR) is 58.8 cm³/mol.